The first-order valence-corrected chi connectivity index (χ1v) is 20.7. The van der Waals surface area contributed by atoms with Crippen LogP contribution in [-0.2, 0) is 52.8 Å². The molecule has 6 atom stereocenters. The number of guanidine groups is 1. The van der Waals surface area contributed by atoms with Gasteiger partial charge in [-0.2, -0.15) is 0 Å². The number of carbonyl (C=O) groups excluding carboxylic acids is 7. The molecule has 0 radical (unpaired) electrons. The van der Waals surface area contributed by atoms with E-state index in [1.165, 1.54) is 19.1 Å². The Labute approximate surface area is 367 Å². The number of nitrogens with zero attached hydrogens (tertiary/aromatic N) is 1. The predicted molar refractivity (Wildman–Crippen MR) is 237 cm³/mol. The van der Waals surface area contributed by atoms with Gasteiger partial charge in [-0.25, -0.2) is 0 Å². The van der Waals surface area contributed by atoms with Gasteiger partial charge in [-0.1, -0.05) is 86.6 Å². The van der Waals surface area contributed by atoms with Crippen molar-refractivity contribution in [3.05, 3.63) is 102 Å². The summed E-state index contributed by atoms with van der Waals surface area (Å²) >= 11 is 0. The molecule has 19 heteroatoms. The topological polar surface area (TPSA) is 328 Å². The number of phenols is 1. The SMILES string of the molecule is CC(C)C[C@H](NC(=O)[C@H](Cc1ccccc1)NC(=O)CNC(=O)[C@H](C)NC(=O)[C@@H](N)Cc1ccc(O)cc1)C(=O)N[C@@H](CCCN=C(N)N)C(=O)N[C@@H](Cc1ccccc1)C(N)=O. The number of amides is 7. The summed E-state index contributed by atoms with van der Waals surface area (Å²) in [6.07, 6.45) is 0.728. The van der Waals surface area contributed by atoms with Gasteiger partial charge in [0.25, 0.3) is 0 Å². The van der Waals surface area contributed by atoms with Gasteiger partial charge in [0.1, 0.15) is 36.0 Å². The fraction of sp³-hybridized carbons (Fsp3) is 0.409. The van der Waals surface area contributed by atoms with Gasteiger partial charge in [0, 0.05) is 19.4 Å². The van der Waals surface area contributed by atoms with Crippen molar-refractivity contribution < 1.29 is 38.7 Å². The van der Waals surface area contributed by atoms with Crippen LogP contribution in [0.1, 0.15) is 56.7 Å². The number of rotatable bonds is 25. The first-order valence-electron chi connectivity index (χ1n) is 20.7. The van der Waals surface area contributed by atoms with Gasteiger partial charge < -0.3 is 59.9 Å². The molecule has 0 saturated carbocycles. The lowest BCUT2D eigenvalue weighted by Crippen LogP contribution is -2.59. The van der Waals surface area contributed by atoms with Crippen molar-refractivity contribution in [2.75, 3.05) is 13.1 Å². The Hall–Kier alpha value is -7.02. The highest BCUT2D eigenvalue weighted by Gasteiger charge is 2.32. The van der Waals surface area contributed by atoms with E-state index in [1.54, 1.807) is 72.8 Å². The Morgan fingerprint density at radius 3 is 1.65 bits per heavy atom. The van der Waals surface area contributed by atoms with Gasteiger partial charge in [0.15, 0.2) is 5.96 Å². The van der Waals surface area contributed by atoms with Crippen LogP contribution in [0.15, 0.2) is 89.9 Å². The largest absolute Gasteiger partial charge is 0.508 e. The van der Waals surface area contributed by atoms with Crippen LogP contribution in [0.3, 0.4) is 0 Å². The number of hydrogen-bond acceptors (Lipinski definition) is 10. The van der Waals surface area contributed by atoms with E-state index in [-0.39, 0.29) is 62.7 Å². The van der Waals surface area contributed by atoms with Crippen molar-refractivity contribution in [1.82, 2.24) is 31.9 Å². The minimum absolute atomic E-state index is 0.0134. The zero-order valence-corrected chi connectivity index (χ0v) is 35.8. The van der Waals surface area contributed by atoms with Crippen LogP contribution in [0.2, 0.25) is 0 Å². The zero-order valence-electron chi connectivity index (χ0n) is 35.8. The molecule has 7 amide bonds. The van der Waals surface area contributed by atoms with Crippen LogP contribution in [0.5, 0.6) is 5.75 Å². The standard InChI is InChI=1S/C44H61N11O8/c1-26(2)21-35(42(62)53-33(15-10-20-49-44(47)48)41(61)54-34(38(46)58)23-28-11-6-4-7-12-28)55-43(63)36(24-29-13-8-5-9-14-29)52-37(57)25-50-39(59)27(3)51-40(60)32(45)22-30-16-18-31(56)19-17-30/h4-9,11-14,16-19,26-27,32-36,56H,10,15,20-25,45H2,1-3H3,(H2,46,58)(H,50,59)(H,51,60)(H,52,57)(H,53,62)(H,54,61)(H,55,63)(H4,47,48,49)/t27-,32-,33-,34-,35-,36-/m0/s1. The van der Waals surface area contributed by atoms with Crippen molar-refractivity contribution in [1.29, 1.82) is 0 Å². The first-order chi connectivity index (χ1) is 29.9. The number of carbonyl (C=O) groups is 7. The molecule has 3 aromatic rings. The van der Waals surface area contributed by atoms with E-state index in [9.17, 15) is 38.7 Å². The normalized spacial score (nSPS) is 13.7. The lowest BCUT2D eigenvalue weighted by molar-refractivity contribution is -0.134. The summed E-state index contributed by atoms with van der Waals surface area (Å²) in [5.41, 5.74) is 24.7. The second-order valence-electron chi connectivity index (χ2n) is 15.6. The number of phenolic OH excluding ortho intramolecular Hbond substituents is 1. The third-order valence-electron chi connectivity index (χ3n) is 9.70. The van der Waals surface area contributed by atoms with Crippen LogP contribution in [0.4, 0.5) is 0 Å². The maximum atomic E-state index is 14.0. The molecule has 0 aliphatic carbocycles. The number of aromatic hydroxyl groups is 1. The Balaban J connectivity index is 1.72. The van der Waals surface area contributed by atoms with Crippen LogP contribution in [0, 0.1) is 5.92 Å². The average molecular weight is 872 g/mol. The molecule has 3 rings (SSSR count). The Bertz CT molecular complexity index is 2010. The van der Waals surface area contributed by atoms with Crippen molar-refractivity contribution in [3.8, 4) is 5.75 Å². The van der Waals surface area contributed by atoms with Crippen LogP contribution < -0.4 is 54.8 Å². The van der Waals surface area contributed by atoms with Gasteiger partial charge in [-0.15, -0.1) is 0 Å². The Morgan fingerprint density at radius 1 is 0.587 bits per heavy atom. The van der Waals surface area contributed by atoms with Crippen molar-refractivity contribution in [2.45, 2.75) is 95.5 Å². The number of aliphatic imine (C=N–C) groups is 1. The van der Waals surface area contributed by atoms with E-state index in [0.717, 1.165) is 5.56 Å². The molecule has 0 aliphatic heterocycles. The van der Waals surface area contributed by atoms with Gasteiger partial charge in [-0.05, 0) is 67.3 Å². The highest BCUT2D eigenvalue weighted by Crippen LogP contribution is 2.12. The molecule has 0 bridgehead atoms. The van der Waals surface area contributed by atoms with Gasteiger partial charge in [0.05, 0.1) is 12.6 Å². The van der Waals surface area contributed by atoms with E-state index in [1.807, 2.05) is 13.8 Å². The number of benzene rings is 3. The summed E-state index contributed by atoms with van der Waals surface area (Å²) < 4.78 is 0. The summed E-state index contributed by atoms with van der Waals surface area (Å²) in [5.74, 6) is -5.12. The minimum atomic E-state index is -1.22. The average Bonchev–Trinajstić information content (AvgIpc) is 3.24. The maximum absolute atomic E-state index is 14.0. The van der Waals surface area contributed by atoms with E-state index >= 15 is 0 Å². The molecule has 0 spiro atoms. The molecule has 3 aromatic carbocycles. The summed E-state index contributed by atoms with van der Waals surface area (Å²) in [6, 6.07) is 17.2. The summed E-state index contributed by atoms with van der Waals surface area (Å²) in [4.78, 5) is 96.9. The molecule has 0 unspecified atom stereocenters. The second-order valence-corrected chi connectivity index (χ2v) is 15.6. The lowest BCUT2D eigenvalue weighted by Gasteiger charge is -2.27. The molecule has 0 saturated heterocycles. The van der Waals surface area contributed by atoms with Gasteiger partial charge >= 0.3 is 0 Å². The number of nitrogens with two attached hydrogens (primary N) is 4. The summed E-state index contributed by atoms with van der Waals surface area (Å²) in [6.45, 7) is 4.68. The van der Waals surface area contributed by atoms with Crippen molar-refractivity contribution in [2.24, 2.45) is 33.8 Å². The smallest absolute Gasteiger partial charge is 0.243 e. The summed E-state index contributed by atoms with van der Waals surface area (Å²) in [7, 11) is 0. The van der Waals surface area contributed by atoms with Crippen LogP contribution in [0.25, 0.3) is 0 Å². The van der Waals surface area contributed by atoms with Crippen molar-refractivity contribution >= 4 is 47.3 Å². The number of primary amides is 1. The zero-order chi connectivity index (χ0) is 46.5. The van der Waals surface area contributed by atoms with Crippen molar-refractivity contribution in [3.63, 3.8) is 0 Å². The molecule has 0 fully saturated rings. The Morgan fingerprint density at radius 2 is 1.10 bits per heavy atom. The van der Waals surface area contributed by atoms with Gasteiger partial charge in [0.2, 0.25) is 41.4 Å². The highest BCUT2D eigenvalue weighted by molar-refractivity contribution is 5.96. The third kappa shape index (κ3) is 18.6. The number of hydrogen-bond donors (Lipinski definition) is 11. The first kappa shape index (κ1) is 50.3. The molecule has 19 nitrogen and oxygen atoms in total. The van der Waals surface area contributed by atoms with Gasteiger partial charge in [-0.3, -0.25) is 38.6 Å². The molecule has 340 valence electrons. The third-order valence-corrected chi connectivity index (χ3v) is 9.70. The van der Waals surface area contributed by atoms with E-state index in [4.69, 9.17) is 22.9 Å². The fourth-order valence-corrected chi connectivity index (χ4v) is 6.35. The quantitative estimate of drug-likeness (QED) is 0.0276. The molecular weight excluding hydrogens is 811 g/mol. The second kappa shape index (κ2) is 25.7. The molecule has 63 heavy (non-hydrogen) atoms. The van der Waals surface area contributed by atoms with E-state index in [2.05, 4.69) is 36.9 Å². The maximum Gasteiger partial charge on any atom is 0.243 e. The molecule has 15 N–H and O–H groups in total. The van der Waals surface area contributed by atoms with Crippen LogP contribution in [-0.4, -0.2) is 102 Å². The van der Waals surface area contributed by atoms with E-state index in [0.29, 0.717) is 11.1 Å². The monoisotopic (exact) mass is 871 g/mol. The molecule has 0 aliphatic rings. The minimum Gasteiger partial charge on any atom is -0.508 e. The number of nitrogens with one attached hydrogen (secondary N) is 6. The molecule has 0 aromatic heterocycles. The fourth-order valence-electron chi connectivity index (χ4n) is 6.35. The van der Waals surface area contributed by atoms with Crippen LogP contribution >= 0.6 is 0 Å². The highest BCUT2D eigenvalue weighted by atomic mass is 16.3. The summed E-state index contributed by atoms with van der Waals surface area (Å²) in [5, 5.41) is 25.2. The lowest BCUT2D eigenvalue weighted by atomic mass is 10.00. The van der Waals surface area contributed by atoms with E-state index < -0.39 is 84.1 Å². The Kier molecular flexibility index (Phi) is 20.5. The predicted octanol–water partition coefficient (Wildman–Crippen LogP) is -1.11. The molecule has 0 heterocycles. The molecular formula is C44H61N11O8.